The number of hydrogen-bond acceptors (Lipinski definition) is 2. The SMILES string of the molecule is [2H][13C]([2H])([2H])S(=O)(=O)c1cccc([C@@H]2CCC[NH+](CCC)C2)c1.[Cl-]. The van der Waals surface area contributed by atoms with E-state index in [4.69, 9.17) is 4.11 Å². The highest BCUT2D eigenvalue weighted by atomic mass is 35.5. The van der Waals surface area contributed by atoms with Crippen LogP contribution in [-0.4, -0.2) is 34.2 Å². The zero-order chi connectivity index (χ0) is 16.4. The summed E-state index contributed by atoms with van der Waals surface area (Å²) in [4.78, 5) is 1.45. The van der Waals surface area contributed by atoms with Gasteiger partial charge in [0.05, 0.1) is 24.5 Å². The molecule has 0 bridgehead atoms. The van der Waals surface area contributed by atoms with Crippen LogP contribution in [0.1, 0.15) is 41.8 Å². The van der Waals surface area contributed by atoms with Crippen LogP contribution in [0.15, 0.2) is 29.2 Å². The van der Waals surface area contributed by atoms with Crippen LogP contribution in [0.25, 0.3) is 0 Å². The smallest absolute Gasteiger partial charge is 0.175 e. The predicted molar refractivity (Wildman–Crippen MR) is 77.4 cm³/mol. The van der Waals surface area contributed by atoms with Crippen LogP contribution in [0.3, 0.4) is 0 Å². The highest BCUT2D eigenvalue weighted by Crippen LogP contribution is 2.24. The van der Waals surface area contributed by atoms with Gasteiger partial charge in [-0.3, -0.25) is 0 Å². The van der Waals surface area contributed by atoms with E-state index in [2.05, 4.69) is 6.92 Å². The first-order valence-corrected chi connectivity index (χ1v) is 8.42. The van der Waals surface area contributed by atoms with Gasteiger partial charge in [-0.2, -0.15) is 0 Å². The number of hydrogen-bond donors (Lipinski definition) is 1. The molecule has 0 aromatic heterocycles. The molecule has 1 aromatic carbocycles. The summed E-state index contributed by atoms with van der Waals surface area (Å²) in [5.41, 5.74) is 0.943. The maximum atomic E-state index is 12.1. The molecule has 1 saturated heterocycles. The summed E-state index contributed by atoms with van der Waals surface area (Å²) in [5.74, 6) is 0.307. The molecule has 1 unspecified atom stereocenters. The lowest BCUT2D eigenvalue weighted by Crippen LogP contribution is -3.13. The second-order valence-corrected chi connectivity index (χ2v) is 6.85. The van der Waals surface area contributed by atoms with E-state index in [1.54, 1.807) is 17.0 Å². The van der Waals surface area contributed by atoms with E-state index in [0.29, 0.717) is 5.92 Å². The second-order valence-electron chi connectivity index (χ2n) is 5.37. The number of benzene rings is 1. The Morgan fingerprint density at radius 1 is 1.45 bits per heavy atom. The van der Waals surface area contributed by atoms with Crippen LogP contribution < -0.4 is 17.3 Å². The second kappa shape index (κ2) is 7.43. The number of rotatable bonds is 4. The summed E-state index contributed by atoms with van der Waals surface area (Å²) >= 11 is 0. The van der Waals surface area contributed by atoms with Gasteiger partial charge in [-0.15, -0.1) is 0 Å². The molecule has 0 aliphatic carbocycles. The molecular formula is C15H24ClNO2S. The van der Waals surface area contributed by atoms with Crippen LogP contribution in [0.2, 0.25) is 0 Å². The van der Waals surface area contributed by atoms with Crippen molar-refractivity contribution in [2.24, 2.45) is 0 Å². The van der Waals surface area contributed by atoms with E-state index in [-0.39, 0.29) is 17.3 Å². The van der Waals surface area contributed by atoms with Gasteiger partial charge in [0.15, 0.2) is 9.84 Å². The van der Waals surface area contributed by atoms with E-state index >= 15 is 0 Å². The molecule has 0 saturated carbocycles. The topological polar surface area (TPSA) is 38.6 Å². The zero-order valence-electron chi connectivity index (χ0n) is 14.7. The van der Waals surface area contributed by atoms with Crippen molar-refractivity contribution in [2.45, 2.75) is 37.0 Å². The fourth-order valence-electron chi connectivity index (χ4n) is 2.95. The van der Waals surface area contributed by atoms with Gasteiger partial charge in [-0.1, -0.05) is 19.1 Å². The Balaban J connectivity index is 0.00000264. The molecule has 1 fully saturated rings. The molecule has 1 aliphatic heterocycles. The summed E-state index contributed by atoms with van der Waals surface area (Å²) in [6.07, 6.45) is 0.286. The molecule has 1 N–H and O–H groups in total. The Kier molecular flexibility index (Phi) is 4.87. The van der Waals surface area contributed by atoms with Gasteiger partial charge in [-0.25, -0.2) is 8.42 Å². The minimum Gasteiger partial charge on any atom is -1.00 e. The molecule has 0 spiro atoms. The van der Waals surface area contributed by atoms with Gasteiger partial charge in [0.2, 0.25) is 0 Å². The van der Waals surface area contributed by atoms with Crippen LogP contribution >= 0.6 is 0 Å². The highest BCUT2D eigenvalue weighted by molar-refractivity contribution is 7.90. The fourth-order valence-corrected chi connectivity index (χ4v) is 3.50. The maximum absolute atomic E-state index is 12.1. The summed E-state index contributed by atoms with van der Waals surface area (Å²) < 4.78 is 45.8. The Morgan fingerprint density at radius 2 is 2.25 bits per heavy atom. The van der Waals surface area contributed by atoms with Gasteiger partial charge in [-0.05, 0) is 37.0 Å². The van der Waals surface area contributed by atoms with E-state index in [0.717, 1.165) is 44.5 Å². The first-order chi connectivity index (χ1) is 10.3. The Morgan fingerprint density at radius 3 is 2.95 bits per heavy atom. The first-order valence-electron chi connectivity index (χ1n) is 8.44. The molecular weight excluding hydrogens is 295 g/mol. The van der Waals surface area contributed by atoms with Crippen molar-refractivity contribution in [3.63, 3.8) is 0 Å². The number of sulfone groups is 1. The first kappa shape index (κ1) is 13.1. The van der Waals surface area contributed by atoms with Gasteiger partial charge in [0.25, 0.3) is 0 Å². The normalized spacial score (nSPS) is 25.9. The minimum absolute atomic E-state index is 0. The molecule has 114 valence electrons. The van der Waals surface area contributed by atoms with E-state index in [9.17, 15) is 8.42 Å². The molecule has 1 aromatic rings. The minimum atomic E-state index is -4.27. The maximum Gasteiger partial charge on any atom is 0.175 e. The third kappa shape index (κ3) is 4.47. The standard InChI is InChI=1S/C15H23NO2S.ClH/c1-3-9-16-10-5-7-14(12-16)13-6-4-8-15(11-13)19(2,17)18;/h4,6,8,11,14H,3,5,7,9-10,12H2,1-2H3;1H/t14-;/m1./s1/i2+1D3;. The van der Waals surface area contributed by atoms with Crippen LogP contribution in [0.5, 0.6) is 0 Å². The molecule has 1 heterocycles. The molecule has 2 rings (SSSR count). The third-order valence-electron chi connectivity index (χ3n) is 3.86. The number of nitrogens with one attached hydrogen (secondary N) is 1. The molecule has 0 amide bonds. The van der Waals surface area contributed by atoms with Gasteiger partial charge in [0.1, 0.15) is 0 Å². The molecule has 0 radical (unpaired) electrons. The fraction of sp³-hybridized carbons (Fsp3) is 0.600. The predicted octanol–water partition coefficient (Wildman–Crippen LogP) is -1.73. The number of halogens is 1. The number of quaternary nitrogens is 1. The molecule has 2 atom stereocenters. The van der Waals surface area contributed by atoms with Crippen LogP contribution in [0.4, 0.5) is 0 Å². The van der Waals surface area contributed by atoms with E-state index < -0.39 is 16.0 Å². The largest absolute Gasteiger partial charge is 1.00 e. The average molecular weight is 322 g/mol. The summed E-state index contributed by atoms with van der Waals surface area (Å²) in [7, 11) is -4.27. The lowest BCUT2D eigenvalue weighted by atomic mass is 9.90. The van der Waals surface area contributed by atoms with Gasteiger partial charge >= 0.3 is 0 Å². The van der Waals surface area contributed by atoms with E-state index in [1.165, 1.54) is 6.07 Å². The van der Waals surface area contributed by atoms with Crippen molar-refractivity contribution in [3.05, 3.63) is 29.8 Å². The average Bonchev–Trinajstić information content (AvgIpc) is 2.47. The summed E-state index contributed by atoms with van der Waals surface area (Å²) in [5, 5.41) is 0. The zero-order valence-corrected chi connectivity index (χ0v) is 13.3. The molecule has 5 heteroatoms. The Hall–Kier alpha value is -0.580. The van der Waals surface area contributed by atoms with Gasteiger partial charge in [0, 0.05) is 16.2 Å². The molecule has 20 heavy (non-hydrogen) atoms. The Bertz CT molecular complexity index is 617. The lowest BCUT2D eigenvalue weighted by Gasteiger charge is -2.30. The van der Waals surface area contributed by atoms with Crippen molar-refractivity contribution < 1.29 is 29.8 Å². The summed E-state index contributed by atoms with van der Waals surface area (Å²) in [6.45, 7) is 5.45. The van der Waals surface area contributed by atoms with E-state index in [1.807, 2.05) is 6.07 Å². The van der Waals surface area contributed by atoms with Crippen molar-refractivity contribution in [1.29, 1.82) is 0 Å². The van der Waals surface area contributed by atoms with Gasteiger partial charge < -0.3 is 17.3 Å². The summed E-state index contributed by atoms with van der Waals surface area (Å²) in [6, 6.07) is 6.51. The van der Waals surface area contributed by atoms with Crippen LogP contribution in [-0.2, 0) is 9.84 Å². The number of likely N-dealkylation sites (tertiary alicyclic amines) is 1. The van der Waals surface area contributed by atoms with Crippen molar-refractivity contribution in [3.8, 4) is 0 Å². The number of piperidine rings is 1. The van der Waals surface area contributed by atoms with Crippen molar-refractivity contribution >= 4 is 9.84 Å². The van der Waals surface area contributed by atoms with Crippen LogP contribution in [0, 0.1) is 0 Å². The highest BCUT2D eigenvalue weighted by Gasteiger charge is 2.24. The van der Waals surface area contributed by atoms with Crippen molar-refractivity contribution in [2.75, 3.05) is 25.8 Å². The lowest BCUT2D eigenvalue weighted by molar-refractivity contribution is -0.906. The van der Waals surface area contributed by atoms with Crippen molar-refractivity contribution in [1.82, 2.24) is 0 Å². The monoisotopic (exact) mass is 321 g/mol. The third-order valence-corrected chi connectivity index (χ3v) is 4.74. The molecule has 3 nitrogen and oxygen atoms in total. The Labute approximate surface area is 132 Å². The molecule has 1 aliphatic rings. The quantitative estimate of drug-likeness (QED) is 0.669.